The summed E-state index contributed by atoms with van der Waals surface area (Å²) < 4.78 is 10.7. The number of hydrogen-bond donors (Lipinski definition) is 1. The van der Waals surface area contributed by atoms with Crippen LogP contribution in [0.1, 0.15) is 18.4 Å². The average molecular weight is 249 g/mol. The van der Waals surface area contributed by atoms with Crippen LogP contribution < -0.4 is 10.1 Å². The molecular formula is C15H23NO2. The van der Waals surface area contributed by atoms with Gasteiger partial charge in [0.25, 0.3) is 0 Å². The summed E-state index contributed by atoms with van der Waals surface area (Å²) >= 11 is 0. The minimum absolute atomic E-state index is 0.506. The largest absolute Gasteiger partial charge is 0.496 e. The maximum absolute atomic E-state index is 5.40. The van der Waals surface area contributed by atoms with Gasteiger partial charge in [-0.1, -0.05) is 18.2 Å². The van der Waals surface area contributed by atoms with Gasteiger partial charge in [0.1, 0.15) is 5.75 Å². The average Bonchev–Trinajstić information content (AvgIpc) is 3.21. The number of hydrogen-bond acceptors (Lipinski definition) is 3. The SMILES string of the molecule is COCC(CNC1CC1)Cc1ccccc1OC. The van der Waals surface area contributed by atoms with Crippen LogP contribution in [0, 0.1) is 5.92 Å². The van der Waals surface area contributed by atoms with Crippen molar-refractivity contribution in [2.75, 3.05) is 27.4 Å². The standard InChI is InChI=1S/C15H23NO2/c1-17-11-12(10-16-14-7-8-14)9-13-5-3-4-6-15(13)18-2/h3-6,12,14,16H,7-11H2,1-2H3. The van der Waals surface area contributed by atoms with E-state index in [0.717, 1.165) is 31.4 Å². The number of benzene rings is 1. The Balaban J connectivity index is 1.92. The lowest BCUT2D eigenvalue weighted by Gasteiger charge is -2.18. The van der Waals surface area contributed by atoms with Gasteiger partial charge in [-0.15, -0.1) is 0 Å². The summed E-state index contributed by atoms with van der Waals surface area (Å²) in [7, 11) is 3.50. The predicted molar refractivity (Wildman–Crippen MR) is 73.1 cm³/mol. The first-order valence-electron chi connectivity index (χ1n) is 6.67. The molecule has 1 aliphatic carbocycles. The Labute approximate surface area is 109 Å². The molecule has 1 unspecified atom stereocenters. The van der Waals surface area contributed by atoms with Crippen molar-refractivity contribution in [1.82, 2.24) is 5.32 Å². The third kappa shape index (κ3) is 4.00. The summed E-state index contributed by atoms with van der Waals surface area (Å²) in [5, 5.41) is 3.58. The Kier molecular flexibility index (Phi) is 5.02. The van der Waals surface area contributed by atoms with Gasteiger partial charge in [0.15, 0.2) is 0 Å². The first-order valence-corrected chi connectivity index (χ1v) is 6.67. The minimum Gasteiger partial charge on any atom is -0.496 e. The van der Waals surface area contributed by atoms with Crippen molar-refractivity contribution >= 4 is 0 Å². The van der Waals surface area contributed by atoms with Crippen LogP contribution in [0.15, 0.2) is 24.3 Å². The van der Waals surface area contributed by atoms with Crippen LogP contribution in [-0.2, 0) is 11.2 Å². The fourth-order valence-electron chi connectivity index (χ4n) is 2.23. The van der Waals surface area contributed by atoms with Gasteiger partial charge in [-0.2, -0.15) is 0 Å². The third-order valence-corrected chi connectivity index (χ3v) is 3.38. The van der Waals surface area contributed by atoms with E-state index in [1.807, 2.05) is 12.1 Å². The second-order valence-corrected chi connectivity index (χ2v) is 5.02. The summed E-state index contributed by atoms with van der Waals surface area (Å²) in [4.78, 5) is 0. The molecule has 1 aliphatic rings. The molecule has 18 heavy (non-hydrogen) atoms. The zero-order valence-corrected chi connectivity index (χ0v) is 11.3. The lowest BCUT2D eigenvalue weighted by Crippen LogP contribution is -2.29. The topological polar surface area (TPSA) is 30.5 Å². The highest BCUT2D eigenvalue weighted by Gasteiger charge is 2.22. The van der Waals surface area contributed by atoms with E-state index in [9.17, 15) is 0 Å². The molecule has 0 bridgehead atoms. The van der Waals surface area contributed by atoms with Crippen LogP contribution in [0.2, 0.25) is 0 Å². The van der Waals surface area contributed by atoms with E-state index >= 15 is 0 Å². The van der Waals surface area contributed by atoms with Crippen LogP contribution in [0.4, 0.5) is 0 Å². The Morgan fingerprint density at radius 3 is 2.72 bits per heavy atom. The molecule has 100 valence electrons. The normalized spacial score (nSPS) is 16.6. The Bertz CT molecular complexity index is 363. The highest BCUT2D eigenvalue weighted by atomic mass is 16.5. The molecule has 0 spiro atoms. The van der Waals surface area contributed by atoms with Crippen LogP contribution in [0.3, 0.4) is 0 Å². The Hall–Kier alpha value is -1.06. The van der Waals surface area contributed by atoms with Gasteiger partial charge < -0.3 is 14.8 Å². The number of ether oxygens (including phenoxy) is 2. The van der Waals surface area contributed by atoms with Crippen molar-refractivity contribution in [2.24, 2.45) is 5.92 Å². The zero-order chi connectivity index (χ0) is 12.8. The third-order valence-electron chi connectivity index (χ3n) is 3.38. The monoisotopic (exact) mass is 249 g/mol. The van der Waals surface area contributed by atoms with E-state index < -0.39 is 0 Å². The van der Waals surface area contributed by atoms with Crippen molar-refractivity contribution in [2.45, 2.75) is 25.3 Å². The molecule has 1 N–H and O–H groups in total. The van der Waals surface area contributed by atoms with E-state index in [-0.39, 0.29) is 0 Å². The molecule has 1 aromatic carbocycles. The molecule has 1 fully saturated rings. The Morgan fingerprint density at radius 2 is 2.06 bits per heavy atom. The fraction of sp³-hybridized carbons (Fsp3) is 0.600. The van der Waals surface area contributed by atoms with Gasteiger partial charge in [0.2, 0.25) is 0 Å². The lowest BCUT2D eigenvalue weighted by molar-refractivity contribution is 0.150. The van der Waals surface area contributed by atoms with Crippen molar-refractivity contribution in [1.29, 1.82) is 0 Å². The van der Waals surface area contributed by atoms with Crippen molar-refractivity contribution < 1.29 is 9.47 Å². The number of nitrogens with one attached hydrogen (secondary N) is 1. The summed E-state index contributed by atoms with van der Waals surface area (Å²) in [6.07, 6.45) is 3.65. The quantitative estimate of drug-likeness (QED) is 0.766. The molecule has 1 aromatic rings. The van der Waals surface area contributed by atoms with Gasteiger partial charge in [-0.25, -0.2) is 0 Å². The highest BCUT2D eigenvalue weighted by molar-refractivity contribution is 5.33. The van der Waals surface area contributed by atoms with E-state index in [2.05, 4.69) is 17.4 Å². The first-order chi connectivity index (χ1) is 8.83. The maximum Gasteiger partial charge on any atom is 0.122 e. The summed E-state index contributed by atoms with van der Waals surface area (Å²) in [5.41, 5.74) is 1.26. The van der Waals surface area contributed by atoms with Crippen LogP contribution >= 0.6 is 0 Å². The molecule has 0 radical (unpaired) electrons. The number of para-hydroxylation sites is 1. The maximum atomic E-state index is 5.40. The fourth-order valence-corrected chi connectivity index (χ4v) is 2.23. The Morgan fingerprint density at radius 1 is 1.28 bits per heavy atom. The van der Waals surface area contributed by atoms with Gasteiger partial charge in [-0.3, -0.25) is 0 Å². The molecule has 0 amide bonds. The predicted octanol–water partition coefficient (Wildman–Crippen LogP) is 2.25. The molecule has 0 aromatic heterocycles. The van der Waals surface area contributed by atoms with E-state index in [0.29, 0.717) is 5.92 Å². The molecule has 0 aliphatic heterocycles. The first kappa shape index (κ1) is 13.4. The molecule has 3 nitrogen and oxygen atoms in total. The zero-order valence-electron chi connectivity index (χ0n) is 11.3. The van der Waals surface area contributed by atoms with Crippen molar-refractivity contribution in [3.8, 4) is 5.75 Å². The van der Waals surface area contributed by atoms with E-state index in [1.54, 1.807) is 14.2 Å². The lowest BCUT2D eigenvalue weighted by atomic mass is 9.99. The number of rotatable bonds is 8. The second kappa shape index (κ2) is 6.76. The van der Waals surface area contributed by atoms with Crippen molar-refractivity contribution in [3.05, 3.63) is 29.8 Å². The van der Waals surface area contributed by atoms with E-state index in [4.69, 9.17) is 9.47 Å². The molecule has 0 heterocycles. The molecule has 1 saturated carbocycles. The second-order valence-electron chi connectivity index (χ2n) is 5.02. The summed E-state index contributed by atoms with van der Waals surface area (Å²) in [6, 6.07) is 8.99. The number of methoxy groups -OCH3 is 2. The smallest absolute Gasteiger partial charge is 0.122 e. The van der Waals surface area contributed by atoms with Gasteiger partial charge >= 0.3 is 0 Å². The van der Waals surface area contributed by atoms with Crippen LogP contribution in [0.25, 0.3) is 0 Å². The minimum atomic E-state index is 0.506. The van der Waals surface area contributed by atoms with E-state index in [1.165, 1.54) is 18.4 Å². The van der Waals surface area contributed by atoms with Gasteiger partial charge in [0, 0.05) is 19.7 Å². The van der Waals surface area contributed by atoms with Crippen LogP contribution in [-0.4, -0.2) is 33.4 Å². The molecule has 0 saturated heterocycles. The summed E-state index contributed by atoms with van der Waals surface area (Å²) in [6.45, 7) is 1.81. The van der Waals surface area contributed by atoms with Crippen LogP contribution in [0.5, 0.6) is 5.75 Å². The molecule has 1 atom stereocenters. The summed E-state index contributed by atoms with van der Waals surface area (Å²) in [5.74, 6) is 1.48. The highest BCUT2D eigenvalue weighted by Crippen LogP contribution is 2.22. The molecule has 3 heteroatoms. The molecule has 2 rings (SSSR count). The van der Waals surface area contributed by atoms with Gasteiger partial charge in [-0.05, 0) is 36.8 Å². The van der Waals surface area contributed by atoms with Crippen molar-refractivity contribution in [3.63, 3.8) is 0 Å². The van der Waals surface area contributed by atoms with Gasteiger partial charge in [0.05, 0.1) is 13.7 Å². The molecular weight excluding hydrogens is 226 g/mol.